The van der Waals surface area contributed by atoms with E-state index in [2.05, 4.69) is 5.32 Å². The number of nitrogens with two attached hydrogens (primary N) is 1. The third-order valence-corrected chi connectivity index (χ3v) is 3.17. The van der Waals surface area contributed by atoms with Crippen molar-refractivity contribution in [2.45, 2.75) is 33.6 Å². The van der Waals surface area contributed by atoms with Gasteiger partial charge in [0.05, 0.1) is 11.3 Å². The third-order valence-electron chi connectivity index (χ3n) is 3.17. The highest BCUT2D eigenvalue weighted by Gasteiger charge is 2.57. The van der Waals surface area contributed by atoms with Crippen molar-refractivity contribution < 1.29 is 9.59 Å². The molecule has 4 heteroatoms. The number of hydrogen-bond acceptors (Lipinski definition) is 2. The maximum atomic E-state index is 11.9. The molecular formula is C11H20N2O2. The van der Waals surface area contributed by atoms with Crippen molar-refractivity contribution in [1.29, 1.82) is 0 Å². The van der Waals surface area contributed by atoms with Gasteiger partial charge >= 0.3 is 0 Å². The summed E-state index contributed by atoms with van der Waals surface area (Å²) in [7, 11) is 0. The maximum absolute atomic E-state index is 11.9. The second-order valence-corrected chi connectivity index (χ2v) is 4.64. The average molecular weight is 212 g/mol. The van der Waals surface area contributed by atoms with E-state index in [1.165, 1.54) is 0 Å². The maximum Gasteiger partial charge on any atom is 0.224 e. The first-order valence-corrected chi connectivity index (χ1v) is 5.53. The Balaban J connectivity index is 2.84. The molecule has 1 saturated carbocycles. The fraction of sp³-hybridized carbons (Fsp3) is 0.818. The van der Waals surface area contributed by atoms with Gasteiger partial charge in [0.25, 0.3) is 0 Å². The van der Waals surface area contributed by atoms with Crippen LogP contribution in [0.25, 0.3) is 0 Å². The molecule has 0 bridgehead atoms. The summed E-state index contributed by atoms with van der Waals surface area (Å²) in [5, 5.41) is 2.78. The van der Waals surface area contributed by atoms with Gasteiger partial charge in [-0.3, -0.25) is 9.59 Å². The largest absolute Gasteiger partial charge is 0.369 e. The van der Waals surface area contributed by atoms with Crippen molar-refractivity contribution in [3.8, 4) is 0 Å². The number of carbonyl (C=O) groups is 2. The van der Waals surface area contributed by atoms with Crippen molar-refractivity contribution in [2.24, 2.45) is 23.0 Å². The Morgan fingerprint density at radius 3 is 2.20 bits per heavy atom. The number of amides is 2. The molecule has 0 radical (unpaired) electrons. The van der Waals surface area contributed by atoms with E-state index in [0.29, 0.717) is 6.54 Å². The Labute approximate surface area is 90.6 Å². The van der Waals surface area contributed by atoms with Crippen LogP contribution in [0.4, 0.5) is 0 Å². The Morgan fingerprint density at radius 1 is 1.40 bits per heavy atom. The fourth-order valence-electron chi connectivity index (χ4n) is 2.32. The van der Waals surface area contributed by atoms with Crippen LogP contribution in [-0.2, 0) is 9.59 Å². The van der Waals surface area contributed by atoms with Gasteiger partial charge in [-0.25, -0.2) is 0 Å². The van der Waals surface area contributed by atoms with Gasteiger partial charge in [-0.2, -0.15) is 0 Å². The van der Waals surface area contributed by atoms with Crippen molar-refractivity contribution in [3.05, 3.63) is 0 Å². The molecule has 0 aromatic heterocycles. The highest BCUT2D eigenvalue weighted by Crippen LogP contribution is 2.54. The summed E-state index contributed by atoms with van der Waals surface area (Å²) < 4.78 is 0. The van der Waals surface area contributed by atoms with E-state index in [1.807, 2.05) is 20.8 Å². The van der Waals surface area contributed by atoms with Crippen LogP contribution in [0.5, 0.6) is 0 Å². The van der Waals surface area contributed by atoms with Gasteiger partial charge in [-0.1, -0.05) is 13.8 Å². The Hall–Kier alpha value is -1.06. The molecule has 1 unspecified atom stereocenters. The Kier molecular flexibility index (Phi) is 3.37. The van der Waals surface area contributed by atoms with E-state index in [1.54, 1.807) is 0 Å². The zero-order valence-corrected chi connectivity index (χ0v) is 9.67. The molecule has 0 saturated heterocycles. The SMILES string of the molecule is CCNC(=O)C(C(C)C)C1(C(N)=O)CC1. The van der Waals surface area contributed by atoms with E-state index in [0.717, 1.165) is 12.8 Å². The molecule has 1 aliphatic carbocycles. The molecule has 1 atom stereocenters. The molecule has 0 aliphatic heterocycles. The van der Waals surface area contributed by atoms with Crippen LogP contribution < -0.4 is 11.1 Å². The Morgan fingerprint density at radius 2 is 1.93 bits per heavy atom. The highest BCUT2D eigenvalue weighted by atomic mass is 16.2. The van der Waals surface area contributed by atoms with Gasteiger partial charge in [-0.05, 0) is 25.7 Å². The predicted molar refractivity (Wildman–Crippen MR) is 57.9 cm³/mol. The van der Waals surface area contributed by atoms with Crippen LogP contribution in [0, 0.1) is 17.3 Å². The second kappa shape index (κ2) is 4.21. The molecule has 4 nitrogen and oxygen atoms in total. The quantitative estimate of drug-likeness (QED) is 0.702. The average Bonchev–Trinajstić information content (AvgIpc) is 2.85. The van der Waals surface area contributed by atoms with Gasteiger partial charge in [0.15, 0.2) is 0 Å². The number of rotatable bonds is 5. The monoisotopic (exact) mass is 212 g/mol. The molecule has 0 aromatic carbocycles. The molecule has 15 heavy (non-hydrogen) atoms. The summed E-state index contributed by atoms with van der Waals surface area (Å²) in [6.45, 7) is 6.39. The molecule has 1 rings (SSSR count). The van der Waals surface area contributed by atoms with Gasteiger partial charge in [0.1, 0.15) is 0 Å². The van der Waals surface area contributed by atoms with Gasteiger partial charge in [0, 0.05) is 6.54 Å². The van der Waals surface area contributed by atoms with Crippen LogP contribution in [0.1, 0.15) is 33.6 Å². The van der Waals surface area contributed by atoms with Crippen LogP contribution >= 0.6 is 0 Å². The molecule has 0 spiro atoms. The van der Waals surface area contributed by atoms with Crippen LogP contribution in [0.3, 0.4) is 0 Å². The number of carbonyl (C=O) groups excluding carboxylic acids is 2. The molecule has 3 N–H and O–H groups in total. The molecule has 0 heterocycles. The summed E-state index contributed by atoms with van der Waals surface area (Å²) >= 11 is 0. The lowest BCUT2D eigenvalue weighted by molar-refractivity contribution is -0.136. The summed E-state index contributed by atoms with van der Waals surface area (Å²) in [6.07, 6.45) is 1.50. The summed E-state index contributed by atoms with van der Waals surface area (Å²) in [5.74, 6) is -0.488. The third kappa shape index (κ3) is 2.13. The molecular weight excluding hydrogens is 192 g/mol. The molecule has 1 aliphatic rings. The number of nitrogens with one attached hydrogen (secondary N) is 1. The van der Waals surface area contributed by atoms with Gasteiger partial charge in [0.2, 0.25) is 11.8 Å². The van der Waals surface area contributed by atoms with E-state index in [-0.39, 0.29) is 23.7 Å². The number of hydrogen-bond donors (Lipinski definition) is 2. The normalized spacial score (nSPS) is 19.7. The van der Waals surface area contributed by atoms with E-state index in [4.69, 9.17) is 5.73 Å². The number of primary amides is 1. The lowest BCUT2D eigenvalue weighted by Crippen LogP contribution is -2.44. The van der Waals surface area contributed by atoms with Crippen molar-refractivity contribution in [2.75, 3.05) is 6.54 Å². The molecule has 0 aromatic rings. The summed E-state index contributed by atoms with van der Waals surface area (Å²) in [4.78, 5) is 23.2. The van der Waals surface area contributed by atoms with Crippen molar-refractivity contribution in [1.82, 2.24) is 5.32 Å². The van der Waals surface area contributed by atoms with Crippen molar-refractivity contribution >= 4 is 11.8 Å². The van der Waals surface area contributed by atoms with Crippen LogP contribution in [0.2, 0.25) is 0 Å². The fourth-order valence-corrected chi connectivity index (χ4v) is 2.32. The highest BCUT2D eigenvalue weighted by molar-refractivity contribution is 5.92. The summed E-state index contributed by atoms with van der Waals surface area (Å²) in [5.41, 5.74) is 4.82. The minimum atomic E-state index is -0.562. The van der Waals surface area contributed by atoms with Gasteiger partial charge < -0.3 is 11.1 Å². The minimum Gasteiger partial charge on any atom is -0.369 e. The summed E-state index contributed by atoms with van der Waals surface area (Å²) in [6, 6.07) is 0. The minimum absolute atomic E-state index is 0.0381. The van der Waals surface area contributed by atoms with E-state index < -0.39 is 5.41 Å². The molecule has 2 amide bonds. The van der Waals surface area contributed by atoms with Gasteiger partial charge in [-0.15, -0.1) is 0 Å². The lowest BCUT2D eigenvalue weighted by atomic mass is 9.79. The van der Waals surface area contributed by atoms with E-state index in [9.17, 15) is 9.59 Å². The topological polar surface area (TPSA) is 72.2 Å². The molecule has 86 valence electrons. The lowest BCUT2D eigenvalue weighted by Gasteiger charge is -2.26. The van der Waals surface area contributed by atoms with Crippen LogP contribution in [0.15, 0.2) is 0 Å². The zero-order valence-electron chi connectivity index (χ0n) is 9.67. The zero-order chi connectivity index (χ0) is 11.6. The molecule has 1 fully saturated rings. The first-order valence-electron chi connectivity index (χ1n) is 5.53. The van der Waals surface area contributed by atoms with Crippen LogP contribution in [-0.4, -0.2) is 18.4 Å². The Bertz CT molecular complexity index is 270. The van der Waals surface area contributed by atoms with E-state index >= 15 is 0 Å². The first-order chi connectivity index (χ1) is 6.95. The second-order valence-electron chi connectivity index (χ2n) is 4.64. The standard InChI is InChI=1S/C11H20N2O2/c1-4-13-9(14)8(7(2)3)11(5-6-11)10(12)15/h7-8H,4-6H2,1-3H3,(H2,12,15)(H,13,14). The van der Waals surface area contributed by atoms with Crippen molar-refractivity contribution in [3.63, 3.8) is 0 Å². The predicted octanol–water partition coefficient (Wildman–Crippen LogP) is 0.660. The first kappa shape index (κ1) is 12.0. The smallest absolute Gasteiger partial charge is 0.224 e.